The lowest BCUT2D eigenvalue weighted by atomic mass is 9.91. The van der Waals surface area contributed by atoms with Crippen LogP contribution in [0.1, 0.15) is 36.0 Å². The minimum atomic E-state index is -0.300. The molecule has 1 aliphatic carbocycles. The normalized spacial score (nSPS) is 23.4. The number of esters is 1. The van der Waals surface area contributed by atoms with Crippen LogP contribution in [0.2, 0.25) is 0 Å². The summed E-state index contributed by atoms with van der Waals surface area (Å²) in [4.78, 5) is 11.6. The third-order valence-electron chi connectivity index (χ3n) is 3.46. The molecule has 0 aliphatic heterocycles. The SMILES string of the molecule is COC(=O)c1ccccc1NC1CCC(N)CC1. The van der Waals surface area contributed by atoms with E-state index in [0.29, 0.717) is 17.6 Å². The van der Waals surface area contributed by atoms with Crippen molar-refractivity contribution in [3.8, 4) is 0 Å². The number of nitrogens with one attached hydrogen (secondary N) is 1. The van der Waals surface area contributed by atoms with Crippen molar-refractivity contribution in [3.63, 3.8) is 0 Å². The predicted molar refractivity (Wildman–Crippen MR) is 71.6 cm³/mol. The highest BCUT2D eigenvalue weighted by Crippen LogP contribution is 2.23. The van der Waals surface area contributed by atoms with E-state index >= 15 is 0 Å². The van der Waals surface area contributed by atoms with Crippen LogP contribution < -0.4 is 11.1 Å². The molecule has 0 amide bonds. The van der Waals surface area contributed by atoms with Crippen molar-refractivity contribution in [2.75, 3.05) is 12.4 Å². The lowest BCUT2D eigenvalue weighted by Crippen LogP contribution is -2.33. The zero-order chi connectivity index (χ0) is 13.0. The van der Waals surface area contributed by atoms with Gasteiger partial charge in [-0.05, 0) is 37.8 Å². The Labute approximate surface area is 108 Å². The lowest BCUT2D eigenvalue weighted by Gasteiger charge is -2.28. The maximum atomic E-state index is 11.6. The van der Waals surface area contributed by atoms with Gasteiger partial charge < -0.3 is 15.8 Å². The summed E-state index contributed by atoms with van der Waals surface area (Å²) in [6, 6.07) is 8.19. The van der Waals surface area contributed by atoms with Gasteiger partial charge in [-0.2, -0.15) is 0 Å². The first kappa shape index (κ1) is 12.9. The van der Waals surface area contributed by atoms with Gasteiger partial charge in [0.15, 0.2) is 0 Å². The summed E-state index contributed by atoms with van der Waals surface area (Å²) in [6.07, 6.45) is 4.18. The first-order chi connectivity index (χ1) is 8.70. The Morgan fingerprint density at radius 3 is 2.61 bits per heavy atom. The number of hydrogen-bond acceptors (Lipinski definition) is 4. The number of benzene rings is 1. The highest BCUT2D eigenvalue weighted by Gasteiger charge is 2.20. The van der Waals surface area contributed by atoms with Crippen LogP contribution in [0.25, 0.3) is 0 Å². The summed E-state index contributed by atoms with van der Waals surface area (Å²) in [5.41, 5.74) is 7.33. The second-order valence-corrected chi connectivity index (χ2v) is 4.79. The molecule has 1 saturated carbocycles. The van der Waals surface area contributed by atoms with Crippen LogP contribution in [0.5, 0.6) is 0 Å². The van der Waals surface area contributed by atoms with Crippen molar-refractivity contribution < 1.29 is 9.53 Å². The molecule has 1 aliphatic rings. The maximum Gasteiger partial charge on any atom is 0.339 e. The molecule has 0 spiro atoms. The van der Waals surface area contributed by atoms with Crippen LogP contribution in [0, 0.1) is 0 Å². The Hall–Kier alpha value is -1.55. The van der Waals surface area contributed by atoms with E-state index in [1.165, 1.54) is 7.11 Å². The third-order valence-corrected chi connectivity index (χ3v) is 3.46. The molecule has 4 heteroatoms. The maximum absolute atomic E-state index is 11.6. The van der Waals surface area contributed by atoms with E-state index in [0.717, 1.165) is 31.4 Å². The van der Waals surface area contributed by atoms with E-state index in [2.05, 4.69) is 5.32 Å². The van der Waals surface area contributed by atoms with Gasteiger partial charge in [-0.3, -0.25) is 0 Å². The number of ether oxygens (including phenoxy) is 1. The summed E-state index contributed by atoms with van der Waals surface area (Å²) in [6.45, 7) is 0. The van der Waals surface area contributed by atoms with Crippen LogP contribution in [0.3, 0.4) is 0 Å². The average Bonchev–Trinajstić information content (AvgIpc) is 2.41. The van der Waals surface area contributed by atoms with Crippen molar-refractivity contribution in [1.82, 2.24) is 0 Å². The highest BCUT2D eigenvalue weighted by atomic mass is 16.5. The molecule has 1 fully saturated rings. The van der Waals surface area contributed by atoms with Gasteiger partial charge >= 0.3 is 5.97 Å². The fourth-order valence-corrected chi connectivity index (χ4v) is 2.38. The number of rotatable bonds is 3. The van der Waals surface area contributed by atoms with Gasteiger partial charge in [0.05, 0.1) is 12.7 Å². The monoisotopic (exact) mass is 248 g/mol. The van der Waals surface area contributed by atoms with E-state index in [9.17, 15) is 4.79 Å². The molecule has 2 rings (SSSR count). The Balaban J connectivity index is 2.07. The number of methoxy groups -OCH3 is 1. The molecule has 0 saturated heterocycles. The molecular weight excluding hydrogens is 228 g/mol. The van der Waals surface area contributed by atoms with Crippen LogP contribution in [0.4, 0.5) is 5.69 Å². The van der Waals surface area contributed by atoms with Gasteiger partial charge in [-0.1, -0.05) is 12.1 Å². The number of carbonyl (C=O) groups excluding carboxylic acids is 1. The smallest absolute Gasteiger partial charge is 0.339 e. The van der Waals surface area contributed by atoms with Crippen molar-refractivity contribution in [2.24, 2.45) is 5.73 Å². The zero-order valence-corrected chi connectivity index (χ0v) is 10.7. The summed E-state index contributed by atoms with van der Waals surface area (Å²) in [5.74, 6) is -0.300. The van der Waals surface area contributed by atoms with E-state index in [1.54, 1.807) is 6.07 Å². The topological polar surface area (TPSA) is 64.3 Å². The van der Waals surface area contributed by atoms with E-state index in [1.807, 2.05) is 18.2 Å². The van der Waals surface area contributed by atoms with E-state index < -0.39 is 0 Å². The summed E-state index contributed by atoms with van der Waals surface area (Å²) < 4.78 is 4.78. The van der Waals surface area contributed by atoms with E-state index in [4.69, 9.17) is 10.5 Å². The Kier molecular flexibility index (Phi) is 4.20. The minimum absolute atomic E-state index is 0.300. The van der Waals surface area contributed by atoms with Crippen LogP contribution >= 0.6 is 0 Å². The van der Waals surface area contributed by atoms with Crippen LogP contribution in [-0.2, 0) is 4.74 Å². The number of anilines is 1. The average molecular weight is 248 g/mol. The van der Waals surface area contributed by atoms with Crippen molar-refractivity contribution in [3.05, 3.63) is 29.8 Å². The summed E-state index contributed by atoms with van der Waals surface area (Å²) >= 11 is 0. The molecular formula is C14H20N2O2. The number of para-hydroxylation sites is 1. The second-order valence-electron chi connectivity index (χ2n) is 4.79. The Bertz CT molecular complexity index is 412. The van der Waals surface area contributed by atoms with Gasteiger partial charge in [-0.15, -0.1) is 0 Å². The Morgan fingerprint density at radius 2 is 1.94 bits per heavy atom. The predicted octanol–water partition coefficient (Wildman–Crippen LogP) is 2.16. The largest absolute Gasteiger partial charge is 0.465 e. The van der Waals surface area contributed by atoms with Gasteiger partial charge in [0.1, 0.15) is 0 Å². The molecule has 1 aromatic rings. The van der Waals surface area contributed by atoms with Gasteiger partial charge in [0.2, 0.25) is 0 Å². The van der Waals surface area contributed by atoms with Crippen LogP contribution in [0.15, 0.2) is 24.3 Å². The van der Waals surface area contributed by atoms with Gasteiger partial charge in [0, 0.05) is 17.8 Å². The first-order valence-electron chi connectivity index (χ1n) is 6.40. The molecule has 1 aromatic carbocycles. The van der Waals surface area contributed by atoms with Gasteiger partial charge in [-0.25, -0.2) is 4.79 Å². The lowest BCUT2D eigenvalue weighted by molar-refractivity contribution is 0.0601. The molecule has 0 bridgehead atoms. The number of nitrogens with two attached hydrogens (primary N) is 1. The molecule has 4 nitrogen and oxygen atoms in total. The third kappa shape index (κ3) is 3.01. The summed E-state index contributed by atoms with van der Waals surface area (Å²) in [5, 5.41) is 3.43. The second kappa shape index (κ2) is 5.87. The Morgan fingerprint density at radius 1 is 1.28 bits per heavy atom. The standard InChI is InChI=1S/C14H20N2O2/c1-18-14(17)12-4-2-3-5-13(12)16-11-8-6-10(15)7-9-11/h2-5,10-11,16H,6-9,15H2,1H3. The fourth-order valence-electron chi connectivity index (χ4n) is 2.38. The fraction of sp³-hybridized carbons (Fsp3) is 0.500. The van der Waals surface area contributed by atoms with Crippen molar-refractivity contribution in [1.29, 1.82) is 0 Å². The summed E-state index contributed by atoms with van der Waals surface area (Å²) in [7, 11) is 1.40. The molecule has 0 heterocycles. The first-order valence-corrected chi connectivity index (χ1v) is 6.40. The van der Waals surface area contributed by atoms with Crippen LogP contribution in [-0.4, -0.2) is 25.2 Å². The quantitative estimate of drug-likeness (QED) is 0.804. The minimum Gasteiger partial charge on any atom is -0.465 e. The molecule has 18 heavy (non-hydrogen) atoms. The molecule has 0 atom stereocenters. The zero-order valence-electron chi connectivity index (χ0n) is 10.7. The van der Waals surface area contributed by atoms with E-state index in [-0.39, 0.29) is 5.97 Å². The molecule has 3 N–H and O–H groups in total. The number of hydrogen-bond donors (Lipinski definition) is 2. The molecule has 0 aromatic heterocycles. The van der Waals surface area contributed by atoms with Crippen molar-refractivity contribution >= 4 is 11.7 Å². The molecule has 0 radical (unpaired) electrons. The molecule has 98 valence electrons. The number of carbonyl (C=O) groups is 1. The highest BCUT2D eigenvalue weighted by molar-refractivity contribution is 5.95. The molecule has 0 unspecified atom stereocenters. The van der Waals surface area contributed by atoms with Crippen molar-refractivity contribution in [2.45, 2.75) is 37.8 Å². The van der Waals surface area contributed by atoms with Gasteiger partial charge in [0.25, 0.3) is 0 Å².